The molecule has 26 heavy (non-hydrogen) atoms. The van der Waals surface area contributed by atoms with Gasteiger partial charge in [-0.1, -0.05) is 24.3 Å². The summed E-state index contributed by atoms with van der Waals surface area (Å²) in [7, 11) is 1.66. The lowest BCUT2D eigenvalue weighted by molar-refractivity contribution is -0.131. The zero-order valence-electron chi connectivity index (χ0n) is 14.5. The summed E-state index contributed by atoms with van der Waals surface area (Å²) in [5, 5.41) is 5.95. The summed E-state index contributed by atoms with van der Waals surface area (Å²) in [6, 6.07) is 11.3. The van der Waals surface area contributed by atoms with E-state index < -0.39 is 5.76 Å². The third-order valence-corrected chi connectivity index (χ3v) is 4.68. The molecule has 0 spiro atoms. The van der Waals surface area contributed by atoms with E-state index in [2.05, 4.69) is 5.10 Å². The molecule has 7 nitrogen and oxygen atoms in total. The molecule has 0 aliphatic rings. The maximum atomic E-state index is 12.3. The van der Waals surface area contributed by atoms with Crippen molar-refractivity contribution in [3.8, 4) is 16.5 Å². The zero-order chi connectivity index (χ0) is 18.5. The number of hydrogen-bond acceptors (Lipinski definition) is 6. The molecule has 8 heteroatoms. The molecule has 0 aliphatic carbocycles. The summed E-state index contributed by atoms with van der Waals surface area (Å²) in [6.07, 6.45) is 0. The number of likely N-dealkylation sites (N-methyl/N-ethyl adjacent to an activating group) is 1. The van der Waals surface area contributed by atoms with E-state index in [9.17, 15) is 9.59 Å². The fraction of sp³-hybridized carbons (Fsp3) is 0.278. The predicted molar refractivity (Wildman–Crippen MR) is 98.4 cm³/mol. The molecule has 0 bridgehead atoms. The van der Waals surface area contributed by atoms with Crippen molar-refractivity contribution in [2.24, 2.45) is 0 Å². The molecule has 0 radical (unpaired) electrons. The number of carbonyl (C=O) groups excluding carboxylic acids is 1. The Labute approximate surface area is 154 Å². The highest BCUT2D eigenvalue weighted by molar-refractivity contribution is 7.13. The molecule has 0 unspecified atom stereocenters. The van der Waals surface area contributed by atoms with Crippen LogP contribution in [0.25, 0.3) is 10.8 Å². The lowest BCUT2D eigenvalue weighted by Crippen LogP contribution is -2.35. The third kappa shape index (κ3) is 4.20. The van der Waals surface area contributed by atoms with Crippen LogP contribution in [0.15, 0.2) is 51.0 Å². The van der Waals surface area contributed by atoms with Crippen LogP contribution in [0.3, 0.4) is 0 Å². The number of aromatic nitrogens is 2. The number of rotatable bonds is 7. The van der Waals surface area contributed by atoms with Crippen molar-refractivity contribution in [2.75, 3.05) is 20.2 Å². The SMILES string of the molecule is Cc1ccccc1OCCN(C)C(=O)Cn1nc(-c2cccs2)oc1=O. The quantitative estimate of drug-likeness (QED) is 0.636. The van der Waals surface area contributed by atoms with Gasteiger partial charge in [-0.05, 0) is 30.0 Å². The second-order valence-electron chi connectivity index (χ2n) is 5.74. The number of ether oxygens (including phenoxy) is 1. The molecule has 136 valence electrons. The van der Waals surface area contributed by atoms with E-state index in [0.717, 1.165) is 20.9 Å². The van der Waals surface area contributed by atoms with Crippen LogP contribution in [-0.2, 0) is 11.3 Å². The van der Waals surface area contributed by atoms with E-state index in [-0.39, 0.29) is 18.3 Å². The van der Waals surface area contributed by atoms with Crippen LogP contribution in [-0.4, -0.2) is 40.8 Å². The van der Waals surface area contributed by atoms with Gasteiger partial charge in [0.05, 0.1) is 11.4 Å². The van der Waals surface area contributed by atoms with Crippen LogP contribution in [0.5, 0.6) is 5.75 Å². The van der Waals surface area contributed by atoms with Gasteiger partial charge in [0.15, 0.2) is 0 Å². The van der Waals surface area contributed by atoms with Gasteiger partial charge in [0.1, 0.15) is 18.9 Å². The molecule has 2 aromatic heterocycles. The first-order chi connectivity index (χ1) is 12.5. The molecule has 0 saturated carbocycles. The summed E-state index contributed by atoms with van der Waals surface area (Å²) < 4.78 is 11.8. The minimum Gasteiger partial charge on any atom is -0.491 e. The van der Waals surface area contributed by atoms with E-state index in [0.29, 0.717) is 13.2 Å². The van der Waals surface area contributed by atoms with Crippen molar-refractivity contribution >= 4 is 17.2 Å². The van der Waals surface area contributed by atoms with Crippen molar-refractivity contribution in [3.63, 3.8) is 0 Å². The van der Waals surface area contributed by atoms with E-state index in [4.69, 9.17) is 9.15 Å². The second kappa shape index (κ2) is 8.01. The van der Waals surface area contributed by atoms with Crippen LogP contribution in [0.2, 0.25) is 0 Å². The molecule has 1 aromatic carbocycles. The van der Waals surface area contributed by atoms with Crippen LogP contribution in [0.1, 0.15) is 5.56 Å². The number of carbonyl (C=O) groups is 1. The lowest BCUT2D eigenvalue weighted by Gasteiger charge is -2.17. The highest BCUT2D eigenvalue weighted by atomic mass is 32.1. The van der Waals surface area contributed by atoms with Gasteiger partial charge in [0, 0.05) is 7.05 Å². The Morgan fingerprint density at radius 3 is 2.85 bits per heavy atom. The lowest BCUT2D eigenvalue weighted by atomic mass is 10.2. The van der Waals surface area contributed by atoms with Gasteiger partial charge in [-0.3, -0.25) is 4.79 Å². The smallest absolute Gasteiger partial charge is 0.437 e. The Morgan fingerprint density at radius 2 is 2.12 bits per heavy atom. The fourth-order valence-corrected chi connectivity index (χ4v) is 2.93. The van der Waals surface area contributed by atoms with Gasteiger partial charge in [0.25, 0.3) is 5.89 Å². The predicted octanol–water partition coefficient (Wildman–Crippen LogP) is 2.41. The molecule has 0 aliphatic heterocycles. The summed E-state index contributed by atoms with van der Waals surface area (Å²) in [5.41, 5.74) is 1.04. The van der Waals surface area contributed by atoms with Gasteiger partial charge in [-0.2, -0.15) is 4.68 Å². The first-order valence-electron chi connectivity index (χ1n) is 8.09. The maximum Gasteiger partial charge on any atom is 0.437 e. The average molecular weight is 373 g/mol. The van der Waals surface area contributed by atoms with Crippen LogP contribution >= 0.6 is 11.3 Å². The average Bonchev–Trinajstić information content (AvgIpc) is 3.27. The maximum absolute atomic E-state index is 12.3. The van der Waals surface area contributed by atoms with E-state index >= 15 is 0 Å². The number of amides is 1. The number of hydrogen-bond donors (Lipinski definition) is 0. The van der Waals surface area contributed by atoms with Gasteiger partial charge in [0.2, 0.25) is 5.91 Å². The monoisotopic (exact) mass is 373 g/mol. The molecule has 3 aromatic rings. The molecule has 0 N–H and O–H groups in total. The van der Waals surface area contributed by atoms with Crippen molar-refractivity contribution < 1.29 is 13.9 Å². The van der Waals surface area contributed by atoms with E-state index in [1.807, 2.05) is 42.6 Å². The standard InChI is InChI=1S/C18H19N3O4S/c1-13-6-3-4-7-14(13)24-10-9-20(2)16(22)12-21-18(23)25-17(19-21)15-8-5-11-26-15/h3-8,11H,9-10,12H2,1-2H3. The number of benzene rings is 1. The largest absolute Gasteiger partial charge is 0.491 e. The Bertz CT molecular complexity index is 930. The number of para-hydroxylation sites is 1. The third-order valence-electron chi connectivity index (χ3n) is 3.83. The fourth-order valence-electron chi connectivity index (χ4n) is 2.29. The van der Waals surface area contributed by atoms with Crippen molar-refractivity contribution in [1.82, 2.24) is 14.7 Å². The van der Waals surface area contributed by atoms with Gasteiger partial charge in [-0.15, -0.1) is 16.4 Å². The molecular weight excluding hydrogens is 354 g/mol. The Balaban J connectivity index is 1.54. The van der Waals surface area contributed by atoms with Gasteiger partial charge < -0.3 is 14.1 Å². The highest BCUT2D eigenvalue weighted by Gasteiger charge is 2.16. The zero-order valence-corrected chi connectivity index (χ0v) is 15.4. The highest BCUT2D eigenvalue weighted by Crippen LogP contribution is 2.21. The van der Waals surface area contributed by atoms with Crippen molar-refractivity contribution in [3.05, 3.63) is 57.9 Å². The number of thiophene rings is 1. The molecule has 2 heterocycles. The van der Waals surface area contributed by atoms with Crippen LogP contribution in [0, 0.1) is 6.92 Å². The summed E-state index contributed by atoms with van der Waals surface area (Å²) in [5.74, 6) is 0.128. The molecule has 1 amide bonds. The number of aryl methyl sites for hydroxylation is 1. The minimum absolute atomic E-state index is 0.172. The van der Waals surface area contributed by atoms with Crippen LogP contribution < -0.4 is 10.5 Å². The van der Waals surface area contributed by atoms with Gasteiger partial charge in [-0.25, -0.2) is 4.79 Å². The first kappa shape index (κ1) is 17.9. The Morgan fingerprint density at radius 1 is 1.31 bits per heavy atom. The van der Waals surface area contributed by atoms with Crippen molar-refractivity contribution in [2.45, 2.75) is 13.5 Å². The topological polar surface area (TPSA) is 77.6 Å². The second-order valence-corrected chi connectivity index (χ2v) is 6.69. The Kier molecular flexibility index (Phi) is 5.52. The summed E-state index contributed by atoms with van der Waals surface area (Å²) in [6.45, 7) is 2.56. The minimum atomic E-state index is -0.647. The first-order valence-corrected chi connectivity index (χ1v) is 8.97. The Hall–Kier alpha value is -2.87. The summed E-state index contributed by atoms with van der Waals surface area (Å²) in [4.78, 5) is 26.4. The normalized spacial score (nSPS) is 10.7. The van der Waals surface area contributed by atoms with Crippen molar-refractivity contribution in [1.29, 1.82) is 0 Å². The summed E-state index contributed by atoms with van der Waals surface area (Å²) >= 11 is 1.41. The molecular formula is C18H19N3O4S. The molecule has 3 rings (SSSR count). The van der Waals surface area contributed by atoms with E-state index in [1.54, 1.807) is 13.1 Å². The van der Waals surface area contributed by atoms with Gasteiger partial charge >= 0.3 is 5.76 Å². The van der Waals surface area contributed by atoms with Crippen LogP contribution in [0.4, 0.5) is 0 Å². The molecule has 0 fully saturated rings. The molecule has 0 saturated heterocycles. The number of nitrogens with zero attached hydrogens (tertiary/aromatic N) is 3. The van der Waals surface area contributed by atoms with E-state index in [1.165, 1.54) is 16.2 Å². The molecule has 0 atom stereocenters.